The summed E-state index contributed by atoms with van der Waals surface area (Å²) in [6, 6.07) is 5.06. The molecule has 0 atom stereocenters. The van der Waals surface area contributed by atoms with Gasteiger partial charge in [-0.05, 0) is 24.5 Å². The third-order valence-corrected chi connectivity index (χ3v) is 3.07. The molecule has 0 aliphatic heterocycles. The normalized spacial score (nSPS) is 10.9. The van der Waals surface area contributed by atoms with Gasteiger partial charge in [-0.3, -0.25) is 10.1 Å². The maximum absolute atomic E-state index is 10.8. The number of hydrogen-bond acceptors (Lipinski definition) is 2. The lowest BCUT2D eigenvalue weighted by atomic mass is 10.1. The molecule has 0 N–H and O–H groups in total. The molecule has 0 unspecified atom stereocenters. The van der Waals surface area contributed by atoms with E-state index in [9.17, 15) is 10.1 Å². The molecule has 1 aromatic heterocycles. The van der Waals surface area contributed by atoms with Gasteiger partial charge >= 0.3 is 0 Å². The summed E-state index contributed by atoms with van der Waals surface area (Å²) in [5.74, 6) is 0. The van der Waals surface area contributed by atoms with Crippen LogP contribution in [0.4, 0.5) is 5.69 Å². The van der Waals surface area contributed by atoms with Crippen LogP contribution in [0.2, 0.25) is 0 Å². The second-order valence-electron chi connectivity index (χ2n) is 4.33. The number of unbranched alkanes of at least 4 members (excludes halogenated alkanes) is 1. The summed E-state index contributed by atoms with van der Waals surface area (Å²) >= 11 is 0. The first-order valence-corrected chi connectivity index (χ1v) is 5.86. The lowest BCUT2D eigenvalue weighted by molar-refractivity contribution is -0.384. The zero-order valence-corrected chi connectivity index (χ0v) is 10.1. The summed E-state index contributed by atoms with van der Waals surface area (Å²) in [4.78, 5) is 10.4. The van der Waals surface area contributed by atoms with E-state index in [1.54, 1.807) is 12.1 Å². The number of nitro groups is 1. The lowest BCUT2D eigenvalue weighted by Crippen LogP contribution is -1.88. The van der Waals surface area contributed by atoms with Crippen LogP contribution in [0.25, 0.3) is 10.9 Å². The summed E-state index contributed by atoms with van der Waals surface area (Å²) in [7, 11) is 1.98. The molecule has 0 bridgehead atoms. The summed E-state index contributed by atoms with van der Waals surface area (Å²) in [6.45, 7) is 2.15. The highest BCUT2D eigenvalue weighted by Crippen LogP contribution is 2.26. The van der Waals surface area contributed by atoms with E-state index in [0.717, 1.165) is 30.2 Å². The number of hydrogen-bond donors (Lipinski definition) is 0. The van der Waals surface area contributed by atoms with Crippen LogP contribution in [0.3, 0.4) is 0 Å². The number of non-ortho nitro benzene ring substituents is 1. The molecule has 90 valence electrons. The topological polar surface area (TPSA) is 48.1 Å². The predicted molar refractivity (Wildman–Crippen MR) is 68.2 cm³/mol. The van der Waals surface area contributed by atoms with Gasteiger partial charge in [0.15, 0.2) is 0 Å². The van der Waals surface area contributed by atoms with Gasteiger partial charge < -0.3 is 4.57 Å². The first-order valence-electron chi connectivity index (χ1n) is 5.86. The third-order valence-electron chi connectivity index (χ3n) is 3.07. The predicted octanol–water partition coefficient (Wildman–Crippen LogP) is 3.43. The summed E-state index contributed by atoms with van der Waals surface area (Å²) in [5, 5.41) is 11.8. The second kappa shape index (κ2) is 4.57. The van der Waals surface area contributed by atoms with E-state index in [-0.39, 0.29) is 10.6 Å². The summed E-state index contributed by atoms with van der Waals surface area (Å²) in [6.07, 6.45) is 5.30. The van der Waals surface area contributed by atoms with Crippen LogP contribution in [0.1, 0.15) is 25.3 Å². The van der Waals surface area contributed by atoms with Crippen LogP contribution in [-0.2, 0) is 13.5 Å². The number of nitro benzene ring substituents is 1. The van der Waals surface area contributed by atoms with Gasteiger partial charge in [0, 0.05) is 36.3 Å². The maximum Gasteiger partial charge on any atom is 0.270 e. The van der Waals surface area contributed by atoms with Gasteiger partial charge in [0.2, 0.25) is 0 Å². The Bertz CT molecular complexity index is 558. The minimum atomic E-state index is -0.337. The minimum absolute atomic E-state index is 0.168. The van der Waals surface area contributed by atoms with Gasteiger partial charge in [-0.2, -0.15) is 0 Å². The van der Waals surface area contributed by atoms with Crippen molar-refractivity contribution < 1.29 is 4.92 Å². The Kier molecular flexibility index (Phi) is 3.13. The highest BCUT2D eigenvalue weighted by molar-refractivity contribution is 5.86. The van der Waals surface area contributed by atoms with Crippen molar-refractivity contribution in [1.82, 2.24) is 4.57 Å². The van der Waals surface area contributed by atoms with E-state index < -0.39 is 0 Å². The molecule has 0 saturated heterocycles. The van der Waals surface area contributed by atoms with Crippen molar-refractivity contribution in [3.05, 3.63) is 40.1 Å². The van der Waals surface area contributed by atoms with Gasteiger partial charge in [0.25, 0.3) is 5.69 Å². The van der Waals surface area contributed by atoms with E-state index in [4.69, 9.17) is 0 Å². The van der Waals surface area contributed by atoms with Gasteiger partial charge in [-0.1, -0.05) is 13.3 Å². The van der Waals surface area contributed by atoms with E-state index in [1.807, 2.05) is 17.7 Å². The Balaban J connectivity index is 2.52. The molecule has 0 fully saturated rings. The van der Waals surface area contributed by atoms with Crippen molar-refractivity contribution in [2.75, 3.05) is 0 Å². The van der Waals surface area contributed by atoms with E-state index in [1.165, 1.54) is 5.56 Å². The van der Waals surface area contributed by atoms with Crippen molar-refractivity contribution in [2.24, 2.45) is 7.05 Å². The molecular weight excluding hydrogens is 216 g/mol. The largest absolute Gasteiger partial charge is 0.350 e. The molecular formula is C13H16N2O2. The highest BCUT2D eigenvalue weighted by Gasteiger charge is 2.11. The summed E-state index contributed by atoms with van der Waals surface area (Å²) in [5.41, 5.74) is 2.43. The van der Waals surface area contributed by atoms with Gasteiger partial charge in [0.1, 0.15) is 0 Å². The zero-order valence-electron chi connectivity index (χ0n) is 10.1. The highest BCUT2D eigenvalue weighted by atomic mass is 16.6. The number of benzene rings is 1. The van der Waals surface area contributed by atoms with Crippen molar-refractivity contribution >= 4 is 16.6 Å². The first kappa shape index (κ1) is 11.6. The van der Waals surface area contributed by atoms with E-state index in [2.05, 4.69) is 13.1 Å². The zero-order chi connectivity index (χ0) is 12.4. The number of nitrogens with zero attached hydrogens (tertiary/aromatic N) is 2. The molecule has 0 saturated carbocycles. The fraction of sp³-hybridized carbons (Fsp3) is 0.385. The van der Waals surface area contributed by atoms with Gasteiger partial charge in [-0.15, -0.1) is 0 Å². The van der Waals surface area contributed by atoms with Crippen LogP contribution >= 0.6 is 0 Å². The van der Waals surface area contributed by atoms with Crippen molar-refractivity contribution in [3.63, 3.8) is 0 Å². The Morgan fingerprint density at radius 3 is 2.82 bits per heavy atom. The van der Waals surface area contributed by atoms with Crippen molar-refractivity contribution in [1.29, 1.82) is 0 Å². The Morgan fingerprint density at radius 1 is 1.41 bits per heavy atom. The molecule has 0 radical (unpaired) electrons. The van der Waals surface area contributed by atoms with Crippen LogP contribution in [-0.4, -0.2) is 9.49 Å². The average molecular weight is 232 g/mol. The molecule has 4 heteroatoms. The Labute approximate surface area is 100 Å². The van der Waals surface area contributed by atoms with Crippen LogP contribution < -0.4 is 0 Å². The molecule has 0 spiro atoms. The molecule has 1 heterocycles. The third kappa shape index (κ3) is 2.16. The number of rotatable bonds is 4. The van der Waals surface area contributed by atoms with Crippen molar-refractivity contribution in [2.45, 2.75) is 26.2 Å². The quantitative estimate of drug-likeness (QED) is 0.599. The molecule has 17 heavy (non-hydrogen) atoms. The molecule has 1 aromatic carbocycles. The number of aromatic nitrogens is 1. The van der Waals surface area contributed by atoms with Crippen molar-refractivity contribution in [3.8, 4) is 0 Å². The Morgan fingerprint density at radius 2 is 2.18 bits per heavy atom. The van der Waals surface area contributed by atoms with Crippen LogP contribution in [0.15, 0.2) is 24.4 Å². The second-order valence-corrected chi connectivity index (χ2v) is 4.33. The number of fused-ring (bicyclic) bond motifs is 1. The van der Waals surface area contributed by atoms with E-state index in [0.29, 0.717) is 0 Å². The smallest absolute Gasteiger partial charge is 0.270 e. The molecule has 2 rings (SSSR count). The SMILES string of the molecule is CCCCc1cn(C)c2ccc([N+](=O)[O-])cc12. The Hall–Kier alpha value is -1.84. The van der Waals surface area contributed by atoms with Crippen LogP contribution in [0.5, 0.6) is 0 Å². The summed E-state index contributed by atoms with van der Waals surface area (Å²) < 4.78 is 2.03. The first-order chi connectivity index (χ1) is 8.13. The molecule has 4 nitrogen and oxygen atoms in total. The standard InChI is InChI=1S/C13H16N2O2/c1-3-4-5-10-9-14(2)13-7-6-11(15(16)17)8-12(10)13/h6-9H,3-5H2,1-2H3. The fourth-order valence-corrected chi connectivity index (χ4v) is 2.14. The number of aryl methyl sites for hydroxylation is 2. The monoisotopic (exact) mass is 232 g/mol. The molecule has 0 aliphatic carbocycles. The molecule has 0 aliphatic rings. The maximum atomic E-state index is 10.8. The molecule has 2 aromatic rings. The fourth-order valence-electron chi connectivity index (χ4n) is 2.14. The molecule has 0 amide bonds. The van der Waals surface area contributed by atoms with Gasteiger partial charge in [0.05, 0.1) is 4.92 Å². The van der Waals surface area contributed by atoms with E-state index >= 15 is 0 Å². The minimum Gasteiger partial charge on any atom is -0.350 e. The van der Waals surface area contributed by atoms with Gasteiger partial charge in [-0.25, -0.2) is 0 Å². The van der Waals surface area contributed by atoms with Crippen LogP contribution in [0, 0.1) is 10.1 Å². The lowest BCUT2D eigenvalue weighted by Gasteiger charge is -1.97. The average Bonchev–Trinajstić information content (AvgIpc) is 2.63.